The molecule has 0 aromatic carbocycles. The van der Waals surface area contributed by atoms with Crippen molar-refractivity contribution in [3.63, 3.8) is 0 Å². The second-order valence-electron chi connectivity index (χ2n) is 7.47. The van der Waals surface area contributed by atoms with Gasteiger partial charge in [-0.1, -0.05) is 6.92 Å². The van der Waals surface area contributed by atoms with Crippen LogP contribution in [-0.4, -0.2) is 63.3 Å². The lowest BCUT2D eigenvalue weighted by Crippen LogP contribution is -2.45. The Morgan fingerprint density at radius 2 is 2.14 bits per heavy atom. The Hall–Kier alpha value is -2.32. The molecule has 0 aliphatic carbocycles. The van der Waals surface area contributed by atoms with Crippen LogP contribution in [0.25, 0.3) is 0 Å². The van der Waals surface area contributed by atoms with E-state index in [0.29, 0.717) is 19.5 Å². The number of aliphatic imine (C=N–C) groups is 1. The van der Waals surface area contributed by atoms with Gasteiger partial charge in [-0.25, -0.2) is 9.48 Å². The van der Waals surface area contributed by atoms with Gasteiger partial charge < -0.3 is 15.5 Å². The standard InChI is InChI=1S/C19H33N7O2/c1-3-17(27)24-13-9-15(14-24)22-18(20-4-2)21-10-7-12-26-19(28)25-11-6-5-8-16(25)23-26/h15H,3-14H2,1-2H3,(H2,20,21,22). The third-order valence-electron chi connectivity index (χ3n) is 5.36. The molecule has 156 valence electrons. The molecule has 1 aromatic rings. The van der Waals surface area contributed by atoms with Crippen molar-refractivity contribution in [3.05, 3.63) is 16.3 Å². The van der Waals surface area contributed by atoms with Gasteiger partial charge in [-0.15, -0.1) is 0 Å². The highest BCUT2D eigenvalue weighted by Gasteiger charge is 2.25. The van der Waals surface area contributed by atoms with Crippen LogP contribution < -0.4 is 16.3 Å². The number of amides is 1. The summed E-state index contributed by atoms with van der Waals surface area (Å²) in [6.07, 6.45) is 5.32. The summed E-state index contributed by atoms with van der Waals surface area (Å²) in [5.74, 6) is 1.90. The quantitative estimate of drug-likeness (QED) is 0.397. The molecular weight excluding hydrogens is 358 g/mol. The molecule has 9 nitrogen and oxygen atoms in total. The molecule has 1 aromatic heterocycles. The number of fused-ring (bicyclic) bond motifs is 1. The smallest absolute Gasteiger partial charge is 0.345 e. The van der Waals surface area contributed by atoms with Crippen LogP contribution in [0.4, 0.5) is 0 Å². The minimum absolute atomic E-state index is 0.00958. The summed E-state index contributed by atoms with van der Waals surface area (Å²) in [5, 5.41) is 11.2. The zero-order valence-corrected chi connectivity index (χ0v) is 17.1. The number of aromatic nitrogens is 3. The Balaban J connectivity index is 1.49. The van der Waals surface area contributed by atoms with Crippen LogP contribution in [0.15, 0.2) is 9.79 Å². The number of hydrogen-bond donors (Lipinski definition) is 2. The molecule has 0 bridgehead atoms. The number of nitrogens with zero attached hydrogens (tertiary/aromatic N) is 5. The van der Waals surface area contributed by atoms with Gasteiger partial charge in [0.05, 0.1) is 0 Å². The first kappa shape index (κ1) is 20.4. The highest BCUT2D eigenvalue weighted by molar-refractivity contribution is 5.80. The van der Waals surface area contributed by atoms with Gasteiger partial charge in [0, 0.05) is 58.2 Å². The van der Waals surface area contributed by atoms with Crippen molar-refractivity contribution in [1.29, 1.82) is 0 Å². The van der Waals surface area contributed by atoms with Gasteiger partial charge in [0.15, 0.2) is 5.96 Å². The van der Waals surface area contributed by atoms with Gasteiger partial charge in [0.2, 0.25) is 5.91 Å². The fraction of sp³-hybridized carbons (Fsp3) is 0.789. The lowest BCUT2D eigenvalue weighted by atomic mass is 10.2. The lowest BCUT2D eigenvalue weighted by molar-refractivity contribution is -0.129. The summed E-state index contributed by atoms with van der Waals surface area (Å²) in [4.78, 5) is 30.7. The fourth-order valence-corrected chi connectivity index (χ4v) is 3.85. The van der Waals surface area contributed by atoms with Gasteiger partial charge in [0.1, 0.15) is 5.82 Å². The summed E-state index contributed by atoms with van der Waals surface area (Å²) in [6.45, 7) is 8.25. The van der Waals surface area contributed by atoms with Crippen LogP contribution in [0, 0.1) is 0 Å². The van der Waals surface area contributed by atoms with E-state index in [1.807, 2.05) is 23.3 Å². The van der Waals surface area contributed by atoms with E-state index in [9.17, 15) is 9.59 Å². The van der Waals surface area contributed by atoms with Crippen LogP contribution in [0.1, 0.15) is 51.8 Å². The zero-order valence-electron chi connectivity index (χ0n) is 17.1. The van der Waals surface area contributed by atoms with Gasteiger partial charge in [0.25, 0.3) is 0 Å². The van der Waals surface area contributed by atoms with Crippen molar-refractivity contribution in [2.24, 2.45) is 4.99 Å². The Labute approximate surface area is 166 Å². The summed E-state index contributed by atoms with van der Waals surface area (Å²) >= 11 is 0. The van der Waals surface area contributed by atoms with E-state index < -0.39 is 0 Å². The van der Waals surface area contributed by atoms with Crippen molar-refractivity contribution >= 4 is 11.9 Å². The minimum Gasteiger partial charge on any atom is -0.357 e. The number of carbonyl (C=O) groups is 1. The van der Waals surface area contributed by atoms with Crippen LogP contribution in [-0.2, 0) is 24.3 Å². The molecule has 0 radical (unpaired) electrons. The Kier molecular flexibility index (Phi) is 7.11. The van der Waals surface area contributed by atoms with E-state index in [2.05, 4.69) is 20.7 Å². The second-order valence-corrected chi connectivity index (χ2v) is 7.47. The number of aryl methyl sites for hydroxylation is 2. The number of hydrogen-bond acceptors (Lipinski definition) is 4. The Morgan fingerprint density at radius 3 is 2.89 bits per heavy atom. The fourth-order valence-electron chi connectivity index (χ4n) is 3.85. The first-order chi connectivity index (χ1) is 13.6. The molecule has 1 saturated heterocycles. The average Bonchev–Trinajstić information content (AvgIpc) is 3.30. The lowest BCUT2D eigenvalue weighted by Gasteiger charge is -2.18. The molecule has 1 amide bonds. The van der Waals surface area contributed by atoms with Gasteiger partial charge in [-0.2, -0.15) is 5.10 Å². The van der Waals surface area contributed by atoms with Crippen LogP contribution in [0.2, 0.25) is 0 Å². The summed E-state index contributed by atoms with van der Waals surface area (Å²) in [6, 6.07) is 0.232. The molecule has 3 rings (SSSR count). The van der Waals surface area contributed by atoms with E-state index in [0.717, 1.165) is 70.1 Å². The number of guanidine groups is 1. The number of nitrogens with one attached hydrogen (secondary N) is 2. The molecule has 1 atom stereocenters. The van der Waals surface area contributed by atoms with Gasteiger partial charge in [-0.05, 0) is 32.6 Å². The molecule has 28 heavy (non-hydrogen) atoms. The Bertz CT molecular complexity index is 752. The molecule has 2 aliphatic heterocycles. The molecule has 0 saturated carbocycles. The molecule has 3 heterocycles. The van der Waals surface area contributed by atoms with Crippen molar-refractivity contribution in [1.82, 2.24) is 29.9 Å². The summed E-state index contributed by atoms with van der Waals surface area (Å²) in [7, 11) is 0. The maximum absolute atomic E-state index is 12.4. The normalized spacial score (nSPS) is 19.6. The summed E-state index contributed by atoms with van der Waals surface area (Å²) in [5.41, 5.74) is 0.00958. The van der Waals surface area contributed by atoms with Crippen molar-refractivity contribution in [2.45, 2.75) is 71.5 Å². The van der Waals surface area contributed by atoms with Crippen molar-refractivity contribution in [2.75, 3.05) is 26.2 Å². The first-order valence-electron chi connectivity index (χ1n) is 10.6. The monoisotopic (exact) mass is 391 g/mol. The first-order valence-corrected chi connectivity index (χ1v) is 10.6. The van der Waals surface area contributed by atoms with Crippen LogP contribution >= 0.6 is 0 Å². The van der Waals surface area contributed by atoms with Crippen LogP contribution in [0.3, 0.4) is 0 Å². The van der Waals surface area contributed by atoms with E-state index >= 15 is 0 Å². The van der Waals surface area contributed by atoms with E-state index in [1.54, 1.807) is 4.68 Å². The average molecular weight is 392 g/mol. The molecule has 2 N–H and O–H groups in total. The maximum Gasteiger partial charge on any atom is 0.345 e. The number of likely N-dealkylation sites (tertiary alicyclic amines) is 1. The van der Waals surface area contributed by atoms with E-state index in [1.165, 1.54) is 0 Å². The van der Waals surface area contributed by atoms with Crippen molar-refractivity contribution < 1.29 is 4.79 Å². The Morgan fingerprint density at radius 1 is 1.29 bits per heavy atom. The minimum atomic E-state index is 0.00958. The molecule has 1 fully saturated rings. The SMILES string of the molecule is CCNC(=NCCCn1nc2n(c1=O)CCCC2)NC1CCN(C(=O)CC)C1. The number of rotatable bonds is 7. The molecule has 0 spiro atoms. The predicted molar refractivity (Wildman–Crippen MR) is 108 cm³/mol. The van der Waals surface area contributed by atoms with Gasteiger partial charge in [-0.3, -0.25) is 14.4 Å². The maximum atomic E-state index is 12.4. The summed E-state index contributed by atoms with van der Waals surface area (Å²) < 4.78 is 3.39. The largest absolute Gasteiger partial charge is 0.357 e. The topological polar surface area (TPSA) is 96.6 Å². The highest BCUT2D eigenvalue weighted by atomic mass is 16.2. The molecular formula is C19H33N7O2. The molecule has 2 aliphatic rings. The third kappa shape index (κ3) is 4.94. The van der Waals surface area contributed by atoms with Crippen LogP contribution in [0.5, 0.6) is 0 Å². The van der Waals surface area contributed by atoms with Gasteiger partial charge >= 0.3 is 5.69 Å². The third-order valence-corrected chi connectivity index (χ3v) is 5.36. The van der Waals surface area contributed by atoms with E-state index in [-0.39, 0.29) is 17.6 Å². The number of carbonyl (C=O) groups excluding carboxylic acids is 1. The molecule has 9 heteroatoms. The van der Waals surface area contributed by atoms with Crippen molar-refractivity contribution in [3.8, 4) is 0 Å². The zero-order chi connectivity index (χ0) is 19.9. The molecule has 1 unspecified atom stereocenters. The highest BCUT2D eigenvalue weighted by Crippen LogP contribution is 2.11. The van der Waals surface area contributed by atoms with E-state index in [4.69, 9.17) is 0 Å². The second kappa shape index (κ2) is 9.75. The predicted octanol–water partition coefficient (Wildman–Crippen LogP) is 0.337.